The Labute approximate surface area is 653 Å². The number of phosphoric ester groups is 2. The van der Waals surface area contributed by atoms with Gasteiger partial charge in [0, 0.05) is 19.3 Å². The van der Waals surface area contributed by atoms with Crippen LogP contribution in [-0.2, 0) is 65.4 Å². The molecule has 19 heteroatoms. The van der Waals surface area contributed by atoms with Crippen molar-refractivity contribution in [2.75, 3.05) is 39.6 Å². The lowest BCUT2D eigenvalue weighted by molar-refractivity contribution is -0.161. The monoisotopic (exact) mass is 1540 g/mol. The van der Waals surface area contributed by atoms with Gasteiger partial charge in [-0.05, 0) is 167 Å². The van der Waals surface area contributed by atoms with Crippen LogP contribution in [0, 0.1) is 0 Å². The van der Waals surface area contributed by atoms with Crippen molar-refractivity contribution < 1.29 is 80.2 Å². The van der Waals surface area contributed by atoms with Crippen LogP contribution in [0.4, 0.5) is 0 Å². The zero-order valence-electron chi connectivity index (χ0n) is 66.7. The summed E-state index contributed by atoms with van der Waals surface area (Å²) in [6.07, 6.45) is 97.3. The van der Waals surface area contributed by atoms with Gasteiger partial charge in [-0.25, -0.2) is 9.13 Å². The number of unbranched alkanes of at least 4 members (excludes halogenated alkanes) is 17. The molecule has 0 aromatic rings. The number of aliphatic hydroxyl groups is 1. The second-order valence-electron chi connectivity index (χ2n) is 26.2. The molecule has 0 aliphatic carbocycles. The third kappa shape index (κ3) is 78.0. The summed E-state index contributed by atoms with van der Waals surface area (Å²) < 4.78 is 68.5. The summed E-state index contributed by atoms with van der Waals surface area (Å²) in [5.41, 5.74) is 0. The summed E-state index contributed by atoms with van der Waals surface area (Å²) in [6.45, 7) is 4.29. The minimum Gasteiger partial charge on any atom is -0.462 e. The standard InChI is InChI=1S/C89H142O17P2/c1-5-9-13-17-21-25-29-33-37-39-41-43-47-49-53-57-61-65-69-73-86(91)99-79-84(105-88(93)75-71-67-63-59-55-51-45-35-31-27-23-19-15-11-7-3)81-103-107(95,96)101-77-83(90)78-102-108(97,98)104-82-85(106-89(94)76-72-68-64-60-56-52-46-36-32-28-24-20-16-12-8-4)80-100-87(92)74-70-66-62-58-54-50-48-44-42-40-38-34-30-26-22-18-14-10-6-2/h9,11-13,15-16,21-28,33-38,41-46,55-56,59-60,68,72,83-85,90H,5-8,10,14,17-20,29-32,39-40,47-54,57-58,61-67,69-71,73-82H2,1-4H3,(H,95,96)(H,97,98)/b13-9-,15-11-,16-12-,25-21-,26-22-,27-23-,28-24-,37-33-,38-34-,43-41-,44-42-,45-35-,46-36-,59-55-,60-56-,72-68-. The molecule has 0 amide bonds. The first kappa shape index (κ1) is 102. The molecule has 3 N–H and O–H groups in total. The summed E-state index contributed by atoms with van der Waals surface area (Å²) in [5.74, 6) is -2.42. The van der Waals surface area contributed by atoms with E-state index >= 15 is 0 Å². The van der Waals surface area contributed by atoms with Crippen LogP contribution in [0.5, 0.6) is 0 Å². The Hall–Kier alpha value is -6.10. The van der Waals surface area contributed by atoms with Crippen LogP contribution in [0.15, 0.2) is 194 Å². The second-order valence-corrected chi connectivity index (χ2v) is 29.1. The molecular weight excluding hydrogens is 1400 g/mol. The van der Waals surface area contributed by atoms with Crippen LogP contribution in [0.2, 0.25) is 0 Å². The third-order valence-corrected chi connectivity index (χ3v) is 18.0. The largest absolute Gasteiger partial charge is 0.472 e. The number of phosphoric acid groups is 2. The Morgan fingerprint density at radius 2 is 0.519 bits per heavy atom. The normalized spacial score (nSPS) is 14.8. The molecule has 0 bridgehead atoms. The molecule has 0 radical (unpaired) electrons. The van der Waals surface area contributed by atoms with Crippen LogP contribution in [0.3, 0.4) is 0 Å². The summed E-state index contributed by atoms with van der Waals surface area (Å²) in [6, 6.07) is 0. The van der Waals surface area contributed by atoms with Crippen LogP contribution >= 0.6 is 15.6 Å². The van der Waals surface area contributed by atoms with Crippen LogP contribution in [0.1, 0.15) is 285 Å². The van der Waals surface area contributed by atoms with Crippen LogP contribution < -0.4 is 0 Å². The van der Waals surface area contributed by atoms with Crippen molar-refractivity contribution in [1.82, 2.24) is 0 Å². The highest BCUT2D eigenvalue weighted by molar-refractivity contribution is 7.47. The Morgan fingerprint density at radius 3 is 0.843 bits per heavy atom. The van der Waals surface area contributed by atoms with Gasteiger partial charge in [-0.15, -0.1) is 0 Å². The Bertz CT molecular complexity index is 2810. The van der Waals surface area contributed by atoms with Crippen LogP contribution in [-0.4, -0.2) is 96.7 Å². The van der Waals surface area contributed by atoms with E-state index in [0.29, 0.717) is 32.1 Å². The van der Waals surface area contributed by atoms with E-state index in [1.54, 1.807) is 12.2 Å². The zero-order valence-corrected chi connectivity index (χ0v) is 68.5. The van der Waals surface area contributed by atoms with E-state index < -0.39 is 97.5 Å². The number of hydrogen-bond donors (Lipinski definition) is 3. The first-order valence-electron chi connectivity index (χ1n) is 40.7. The van der Waals surface area contributed by atoms with E-state index in [-0.39, 0.29) is 25.7 Å². The lowest BCUT2D eigenvalue weighted by atomic mass is 10.1. The fourth-order valence-electron chi connectivity index (χ4n) is 9.99. The van der Waals surface area contributed by atoms with Gasteiger partial charge in [-0.2, -0.15) is 0 Å². The molecule has 0 saturated heterocycles. The molecule has 610 valence electrons. The van der Waals surface area contributed by atoms with E-state index in [0.717, 1.165) is 180 Å². The number of carbonyl (C=O) groups is 4. The number of hydrogen-bond acceptors (Lipinski definition) is 15. The summed E-state index contributed by atoms with van der Waals surface area (Å²) in [4.78, 5) is 73.0. The molecular formula is C89H142O17P2. The Morgan fingerprint density at radius 1 is 0.278 bits per heavy atom. The number of allylic oxidation sites excluding steroid dienone is 31. The lowest BCUT2D eigenvalue weighted by Crippen LogP contribution is -2.30. The molecule has 17 nitrogen and oxygen atoms in total. The maximum absolute atomic E-state index is 13.1. The number of aliphatic hydroxyl groups excluding tert-OH is 1. The molecule has 0 rings (SSSR count). The van der Waals surface area contributed by atoms with Gasteiger partial charge in [0.15, 0.2) is 12.2 Å². The second kappa shape index (κ2) is 79.0. The van der Waals surface area contributed by atoms with Crippen molar-refractivity contribution in [2.24, 2.45) is 0 Å². The summed E-state index contributed by atoms with van der Waals surface area (Å²) in [5, 5.41) is 10.6. The molecule has 108 heavy (non-hydrogen) atoms. The van der Waals surface area contributed by atoms with Crippen molar-refractivity contribution >= 4 is 39.5 Å². The minimum absolute atomic E-state index is 0.0287. The van der Waals surface area contributed by atoms with Crippen molar-refractivity contribution in [3.8, 4) is 0 Å². The van der Waals surface area contributed by atoms with Gasteiger partial charge in [-0.3, -0.25) is 37.3 Å². The predicted octanol–water partition coefficient (Wildman–Crippen LogP) is 24.1. The van der Waals surface area contributed by atoms with E-state index in [9.17, 15) is 43.2 Å². The van der Waals surface area contributed by atoms with Crippen molar-refractivity contribution in [1.29, 1.82) is 0 Å². The molecule has 0 aliphatic heterocycles. The Balaban J connectivity index is 5.49. The van der Waals surface area contributed by atoms with E-state index in [1.165, 1.54) is 19.3 Å². The zero-order chi connectivity index (χ0) is 78.9. The molecule has 0 fully saturated rings. The topological polar surface area (TPSA) is 237 Å². The van der Waals surface area contributed by atoms with Crippen molar-refractivity contribution in [3.05, 3.63) is 194 Å². The van der Waals surface area contributed by atoms with Gasteiger partial charge < -0.3 is 33.8 Å². The van der Waals surface area contributed by atoms with Crippen molar-refractivity contribution in [3.63, 3.8) is 0 Å². The predicted molar refractivity (Wildman–Crippen MR) is 445 cm³/mol. The smallest absolute Gasteiger partial charge is 0.462 e. The first-order chi connectivity index (χ1) is 52.7. The molecule has 0 heterocycles. The van der Waals surface area contributed by atoms with Gasteiger partial charge >= 0.3 is 39.5 Å². The fraction of sp³-hybridized carbons (Fsp3) is 0.596. The highest BCUT2D eigenvalue weighted by Gasteiger charge is 2.30. The van der Waals surface area contributed by atoms with Gasteiger partial charge in [0.2, 0.25) is 0 Å². The molecule has 0 aliphatic rings. The van der Waals surface area contributed by atoms with E-state index in [1.807, 2.05) is 12.2 Å². The molecule has 5 atom stereocenters. The van der Waals surface area contributed by atoms with Gasteiger partial charge in [0.05, 0.1) is 32.8 Å². The minimum atomic E-state index is -5.02. The number of carbonyl (C=O) groups excluding carboxylic acids is 4. The average molecular weight is 1550 g/mol. The first-order valence-corrected chi connectivity index (χ1v) is 43.7. The van der Waals surface area contributed by atoms with Crippen LogP contribution in [0.25, 0.3) is 0 Å². The molecule has 0 saturated carbocycles. The number of esters is 4. The highest BCUT2D eigenvalue weighted by Crippen LogP contribution is 2.45. The highest BCUT2D eigenvalue weighted by atomic mass is 31.2. The maximum Gasteiger partial charge on any atom is 0.472 e. The van der Waals surface area contributed by atoms with Gasteiger partial charge in [0.1, 0.15) is 19.3 Å². The lowest BCUT2D eigenvalue weighted by Gasteiger charge is -2.21. The molecule has 0 aromatic heterocycles. The quantitative estimate of drug-likeness (QED) is 0.0169. The summed E-state index contributed by atoms with van der Waals surface area (Å²) in [7, 11) is -10.0. The maximum atomic E-state index is 13.1. The summed E-state index contributed by atoms with van der Waals surface area (Å²) >= 11 is 0. The molecule has 0 spiro atoms. The SMILES string of the molecule is CC/C=C\C/C=C\C/C=C\C/C=C\C/C=C\CC(=O)OC(COC(=O)CCCCCCCC/C=C\C/C=C\C/C=C\CCCCC)COP(=O)(O)OCC(O)COP(=O)(O)OCC(COC(=O)CCCCCCCC/C=C\C/C=C\C/C=C\C/C=C\CC)OC(=O)CCCC/C=C\C/C=C\C/C=C\C/C=C\CC. The Kier molecular flexibility index (Phi) is 74.5. The van der Waals surface area contributed by atoms with Gasteiger partial charge in [0.25, 0.3) is 0 Å². The number of ether oxygens (including phenoxy) is 4. The molecule has 5 unspecified atom stereocenters. The van der Waals surface area contributed by atoms with E-state index in [2.05, 4.69) is 198 Å². The fourth-order valence-corrected chi connectivity index (χ4v) is 11.6. The van der Waals surface area contributed by atoms with Crippen molar-refractivity contribution in [2.45, 2.75) is 303 Å². The van der Waals surface area contributed by atoms with E-state index in [4.69, 9.17) is 37.0 Å². The van der Waals surface area contributed by atoms with Gasteiger partial charge in [-0.1, -0.05) is 286 Å². The number of rotatable bonds is 74. The average Bonchev–Trinajstić information content (AvgIpc) is 0.907. The molecule has 0 aromatic carbocycles. The third-order valence-electron chi connectivity index (χ3n) is 16.1.